The van der Waals surface area contributed by atoms with Crippen LogP contribution in [-0.2, 0) is 0 Å². The van der Waals surface area contributed by atoms with Crippen molar-refractivity contribution in [3.05, 3.63) is 35.2 Å². The molecule has 0 spiro atoms. The fraction of sp³-hybridized carbons (Fsp3) is 0.462. The minimum atomic E-state index is 0.551. The average molecular weight is 214 g/mol. The Kier molecular flexibility index (Phi) is 2.12. The second kappa shape index (κ2) is 3.50. The van der Waals surface area contributed by atoms with Crippen molar-refractivity contribution in [1.29, 1.82) is 0 Å². The van der Waals surface area contributed by atoms with Gasteiger partial charge in [0.25, 0.3) is 0 Å². The second-order valence-electron chi connectivity index (χ2n) is 4.73. The van der Waals surface area contributed by atoms with Crippen molar-refractivity contribution in [3.8, 4) is 5.75 Å². The Bertz CT molecular complexity index is 463. The lowest BCUT2D eigenvalue weighted by Crippen LogP contribution is -2.24. The van der Waals surface area contributed by atoms with Crippen LogP contribution in [0.2, 0.25) is 0 Å². The molecule has 3 nitrogen and oxygen atoms in total. The van der Waals surface area contributed by atoms with Crippen LogP contribution < -0.4 is 4.74 Å². The van der Waals surface area contributed by atoms with Crippen molar-refractivity contribution in [2.45, 2.75) is 5.92 Å². The lowest BCUT2D eigenvalue weighted by atomic mass is 9.87. The zero-order valence-electron chi connectivity index (χ0n) is 9.31. The second-order valence-corrected chi connectivity index (χ2v) is 4.73. The van der Waals surface area contributed by atoms with E-state index in [4.69, 9.17) is 11.3 Å². The summed E-state index contributed by atoms with van der Waals surface area (Å²) in [7, 11) is 2.15. The van der Waals surface area contributed by atoms with Crippen LogP contribution in [0.25, 0.3) is 4.85 Å². The van der Waals surface area contributed by atoms with Crippen molar-refractivity contribution >= 4 is 5.69 Å². The number of likely N-dealkylation sites (N-methyl/N-ethyl adjacent to an activating group) is 1. The van der Waals surface area contributed by atoms with Crippen molar-refractivity contribution in [2.75, 3.05) is 26.7 Å². The van der Waals surface area contributed by atoms with E-state index in [1.54, 1.807) is 0 Å². The normalized spacial score (nSPS) is 27.8. The minimum Gasteiger partial charge on any atom is -0.493 e. The first kappa shape index (κ1) is 9.68. The maximum absolute atomic E-state index is 7.06. The summed E-state index contributed by atoms with van der Waals surface area (Å²) in [4.78, 5) is 5.84. The van der Waals surface area contributed by atoms with E-state index in [0.29, 0.717) is 11.8 Å². The van der Waals surface area contributed by atoms with Gasteiger partial charge in [0.05, 0.1) is 13.2 Å². The van der Waals surface area contributed by atoms with Gasteiger partial charge in [-0.1, -0.05) is 6.07 Å². The Hall–Kier alpha value is -1.53. The summed E-state index contributed by atoms with van der Waals surface area (Å²) in [5, 5.41) is 0. The van der Waals surface area contributed by atoms with Crippen molar-refractivity contribution in [1.82, 2.24) is 4.90 Å². The summed E-state index contributed by atoms with van der Waals surface area (Å²) in [6, 6.07) is 5.78. The molecule has 0 saturated carbocycles. The quantitative estimate of drug-likeness (QED) is 0.616. The Labute approximate surface area is 95.5 Å². The van der Waals surface area contributed by atoms with Crippen LogP contribution in [-0.4, -0.2) is 31.6 Å². The van der Waals surface area contributed by atoms with Crippen LogP contribution in [0.15, 0.2) is 18.2 Å². The number of benzene rings is 1. The topological polar surface area (TPSA) is 16.8 Å². The predicted octanol–water partition coefficient (Wildman–Crippen LogP) is 2.27. The molecular formula is C13H14N2O. The van der Waals surface area contributed by atoms with Crippen molar-refractivity contribution in [2.24, 2.45) is 5.92 Å². The standard InChI is InChI=1S/C13H14N2O/c1-14-10-3-4-13-11(5-10)12-7-15(2)6-9(12)8-16-13/h3-5,9,12H,6-8H2,2H3/t9-,12+/m1/s1. The summed E-state index contributed by atoms with van der Waals surface area (Å²) in [5.41, 5.74) is 1.95. The fourth-order valence-corrected chi connectivity index (χ4v) is 2.83. The molecule has 3 rings (SSSR count). The van der Waals surface area contributed by atoms with E-state index in [-0.39, 0.29) is 0 Å². The number of likely N-dealkylation sites (tertiary alicyclic amines) is 1. The molecule has 16 heavy (non-hydrogen) atoms. The van der Waals surface area contributed by atoms with Gasteiger partial charge < -0.3 is 9.64 Å². The van der Waals surface area contributed by atoms with Gasteiger partial charge in [-0.2, -0.15) is 0 Å². The van der Waals surface area contributed by atoms with Crippen LogP contribution in [0.1, 0.15) is 11.5 Å². The molecule has 0 bridgehead atoms. The lowest BCUT2D eigenvalue weighted by Gasteiger charge is -2.28. The van der Waals surface area contributed by atoms with Crippen LogP contribution in [0.3, 0.4) is 0 Å². The molecule has 3 heteroatoms. The average Bonchev–Trinajstić information content (AvgIpc) is 2.69. The van der Waals surface area contributed by atoms with Crippen molar-refractivity contribution in [3.63, 3.8) is 0 Å². The molecule has 0 radical (unpaired) electrons. The van der Waals surface area contributed by atoms with Crippen LogP contribution >= 0.6 is 0 Å². The number of rotatable bonds is 0. The fourth-order valence-electron chi connectivity index (χ4n) is 2.83. The summed E-state index contributed by atoms with van der Waals surface area (Å²) in [6.07, 6.45) is 0. The summed E-state index contributed by atoms with van der Waals surface area (Å²) in [5.74, 6) is 2.12. The van der Waals surface area contributed by atoms with E-state index in [9.17, 15) is 0 Å². The summed E-state index contributed by atoms with van der Waals surface area (Å²) >= 11 is 0. The van der Waals surface area contributed by atoms with Gasteiger partial charge in [-0.05, 0) is 24.7 Å². The van der Waals surface area contributed by atoms with Gasteiger partial charge in [0.15, 0.2) is 5.69 Å². The molecule has 2 aliphatic heterocycles. The predicted molar refractivity (Wildman–Crippen MR) is 61.9 cm³/mol. The first-order chi connectivity index (χ1) is 7.78. The number of ether oxygens (including phenoxy) is 1. The zero-order valence-corrected chi connectivity index (χ0v) is 9.31. The zero-order chi connectivity index (χ0) is 11.1. The molecule has 2 atom stereocenters. The van der Waals surface area contributed by atoms with Gasteiger partial charge >= 0.3 is 0 Å². The first-order valence-electron chi connectivity index (χ1n) is 5.60. The van der Waals surface area contributed by atoms with E-state index >= 15 is 0 Å². The third-order valence-corrected chi connectivity index (χ3v) is 3.60. The Morgan fingerprint density at radius 2 is 2.31 bits per heavy atom. The van der Waals surface area contributed by atoms with Gasteiger partial charge in [-0.3, -0.25) is 0 Å². The van der Waals surface area contributed by atoms with Crippen molar-refractivity contribution < 1.29 is 4.74 Å². The molecule has 1 aromatic carbocycles. The third kappa shape index (κ3) is 1.38. The molecule has 0 aliphatic carbocycles. The van der Waals surface area contributed by atoms with E-state index in [0.717, 1.165) is 31.1 Å². The van der Waals surface area contributed by atoms with E-state index in [1.807, 2.05) is 18.2 Å². The third-order valence-electron chi connectivity index (χ3n) is 3.60. The molecule has 0 unspecified atom stereocenters. The summed E-state index contributed by atoms with van der Waals surface area (Å²) in [6.45, 7) is 10.1. The highest BCUT2D eigenvalue weighted by Gasteiger charge is 2.37. The van der Waals surface area contributed by atoms with Gasteiger partial charge in [0.2, 0.25) is 0 Å². The molecule has 82 valence electrons. The van der Waals surface area contributed by atoms with E-state index in [1.165, 1.54) is 5.56 Å². The number of hydrogen-bond donors (Lipinski definition) is 0. The smallest absolute Gasteiger partial charge is 0.187 e. The largest absolute Gasteiger partial charge is 0.493 e. The van der Waals surface area contributed by atoms with Gasteiger partial charge in [0.1, 0.15) is 5.75 Å². The molecule has 0 amide bonds. The number of nitrogens with zero attached hydrogens (tertiary/aromatic N) is 2. The Morgan fingerprint density at radius 3 is 3.12 bits per heavy atom. The number of fused-ring (bicyclic) bond motifs is 3. The molecule has 0 N–H and O–H groups in total. The van der Waals surface area contributed by atoms with Gasteiger partial charge in [-0.25, -0.2) is 4.85 Å². The highest BCUT2D eigenvalue weighted by atomic mass is 16.5. The maximum Gasteiger partial charge on any atom is 0.187 e. The van der Waals surface area contributed by atoms with E-state index < -0.39 is 0 Å². The van der Waals surface area contributed by atoms with Crippen LogP contribution in [0.4, 0.5) is 5.69 Å². The van der Waals surface area contributed by atoms with Crippen LogP contribution in [0, 0.1) is 12.5 Å². The van der Waals surface area contributed by atoms with E-state index in [2.05, 4.69) is 16.8 Å². The molecule has 1 saturated heterocycles. The monoisotopic (exact) mass is 214 g/mol. The molecule has 1 fully saturated rings. The lowest BCUT2D eigenvalue weighted by molar-refractivity contribution is 0.215. The molecule has 2 heterocycles. The van der Waals surface area contributed by atoms with Crippen LogP contribution in [0.5, 0.6) is 5.75 Å². The molecular weight excluding hydrogens is 200 g/mol. The Balaban J connectivity index is 2.04. The molecule has 2 aliphatic rings. The minimum absolute atomic E-state index is 0.551. The SMILES string of the molecule is [C-]#[N+]c1ccc2c(c1)[C@H]1CN(C)C[C@@H]1CO2. The maximum atomic E-state index is 7.06. The van der Waals surface area contributed by atoms with Gasteiger partial charge in [-0.15, -0.1) is 0 Å². The highest BCUT2D eigenvalue weighted by molar-refractivity contribution is 5.54. The summed E-state index contributed by atoms with van der Waals surface area (Å²) < 4.78 is 5.76. The Morgan fingerprint density at radius 1 is 1.44 bits per heavy atom. The first-order valence-corrected chi connectivity index (χ1v) is 5.60. The number of hydrogen-bond acceptors (Lipinski definition) is 2. The molecule has 0 aromatic heterocycles. The highest BCUT2D eigenvalue weighted by Crippen LogP contribution is 2.42. The molecule has 1 aromatic rings. The van der Waals surface area contributed by atoms with Gasteiger partial charge in [0, 0.05) is 24.9 Å².